The van der Waals surface area contributed by atoms with Crippen molar-refractivity contribution in [2.45, 2.75) is 20.0 Å². The van der Waals surface area contributed by atoms with Crippen molar-refractivity contribution in [3.8, 4) is 22.5 Å². The third-order valence-corrected chi connectivity index (χ3v) is 4.93. The molecular weight excluding hydrogens is 324 g/mol. The van der Waals surface area contributed by atoms with Gasteiger partial charge in [0.05, 0.1) is 6.54 Å². The van der Waals surface area contributed by atoms with Gasteiger partial charge < -0.3 is 14.6 Å². The lowest BCUT2D eigenvalue weighted by Gasteiger charge is -2.12. The first-order valence-electron chi connectivity index (χ1n) is 8.81. The molecule has 4 nitrogen and oxygen atoms in total. The SMILES string of the molecule is CNCc1cc(C)c(-c2ccccc2-c2cccc3c2CN(C)C3=O)o1. The average Bonchev–Trinajstić information content (AvgIpc) is 3.15. The lowest BCUT2D eigenvalue weighted by molar-refractivity contribution is 0.0816. The number of benzene rings is 2. The number of aryl methyl sites for hydroxylation is 1. The Balaban J connectivity index is 1.88. The maximum Gasteiger partial charge on any atom is 0.254 e. The van der Waals surface area contributed by atoms with E-state index in [1.165, 1.54) is 0 Å². The van der Waals surface area contributed by atoms with Crippen LogP contribution in [0.3, 0.4) is 0 Å². The van der Waals surface area contributed by atoms with Gasteiger partial charge in [-0.3, -0.25) is 4.79 Å². The molecule has 3 aromatic rings. The summed E-state index contributed by atoms with van der Waals surface area (Å²) in [6, 6.07) is 16.3. The van der Waals surface area contributed by atoms with Crippen LogP contribution in [0.15, 0.2) is 52.9 Å². The fraction of sp³-hybridized carbons (Fsp3) is 0.227. The molecule has 2 aromatic carbocycles. The average molecular weight is 346 g/mol. The van der Waals surface area contributed by atoms with Crippen molar-refractivity contribution in [1.29, 1.82) is 0 Å². The Morgan fingerprint density at radius 3 is 2.50 bits per heavy atom. The van der Waals surface area contributed by atoms with E-state index in [-0.39, 0.29) is 5.91 Å². The minimum absolute atomic E-state index is 0.0878. The Labute approximate surface area is 153 Å². The van der Waals surface area contributed by atoms with Crippen LogP contribution in [0, 0.1) is 6.92 Å². The summed E-state index contributed by atoms with van der Waals surface area (Å²) in [4.78, 5) is 14.1. The van der Waals surface area contributed by atoms with Gasteiger partial charge in [0.1, 0.15) is 11.5 Å². The summed E-state index contributed by atoms with van der Waals surface area (Å²) >= 11 is 0. The quantitative estimate of drug-likeness (QED) is 0.769. The number of nitrogens with zero attached hydrogens (tertiary/aromatic N) is 1. The zero-order valence-electron chi connectivity index (χ0n) is 15.3. The highest BCUT2D eigenvalue weighted by molar-refractivity contribution is 6.01. The number of fused-ring (bicyclic) bond motifs is 1. The molecule has 4 rings (SSSR count). The van der Waals surface area contributed by atoms with Crippen LogP contribution in [-0.2, 0) is 13.1 Å². The van der Waals surface area contributed by atoms with Crippen LogP contribution >= 0.6 is 0 Å². The number of hydrogen-bond donors (Lipinski definition) is 1. The molecular formula is C22H22N2O2. The molecule has 0 saturated carbocycles. The third kappa shape index (κ3) is 2.63. The van der Waals surface area contributed by atoms with E-state index >= 15 is 0 Å². The Morgan fingerprint density at radius 2 is 1.73 bits per heavy atom. The van der Waals surface area contributed by atoms with E-state index in [1.807, 2.05) is 38.4 Å². The molecule has 0 unspecified atom stereocenters. The van der Waals surface area contributed by atoms with Crippen molar-refractivity contribution < 1.29 is 9.21 Å². The van der Waals surface area contributed by atoms with Crippen molar-refractivity contribution in [3.05, 3.63) is 71.0 Å². The molecule has 26 heavy (non-hydrogen) atoms. The Kier molecular flexibility index (Phi) is 4.13. The monoisotopic (exact) mass is 346 g/mol. The van der Waals surface area contributed by atoms with Crippen LogP contribution in [0.5, 0.6) is 0 Å². The van der Waals surface area contributed by atoms with Gasteiger partial charge in [0, 0.05) is 24.7 Å². The summed E-state index contributed by atoms with van der Waals surface area (Å²) in [6.07, 6.45) is 0. The van der Waals surface area contributed by atoms with E-state index < -0.39 is 0 Å². The summed E-state index contributed by atoms with van der Waals surface area (Å²) in [5.74, 6) is 1.90. The maximum atomic E-state index is 12.4. The zero-order chi connectivity index (χ0) is 18.3. The minimum Gasteiger partial charge on any atom is -0.459 e. The first-order valence-corrected chi connectivity index (χ1v) is 8.81. The summed E-state index contributed by atoms with van der Waals surface area (Å²) in [6.45, 7) is 3.41. The van der Waals surface area contributed by atoms with Gasteiger partial charge in [-0.05, 0) is 48.4 Å². The Hall–Kier alpha value is -2.85. The normalized spacial score (nSPS) is 13.3. The van der Waals surface area contributed by atoms with Crippen molar-refractivity contribution in [2.24, 2.45) is 0 Å². The molecule has 4 heteroatoms. The number of hydrogen-bond acceptors (Lipinski definition) is 3. The molecule has 1 aliphatic heterocycles. The second kappa shape index (κ2) is 6.46. The van der Waals surface area contributed by atoms with Crippen molar-refractivity contribution in [3.63, 3.8) is 0 Å². The predicted molar refractivity (Wildman–Crippen MR) is 103 cm³/mol. The van der Waals surface area contributed by atoms with Crippen LogP contribution in [0.1, 0.15) is 27.2 Å². The largest absolute Gasteiger partial charge is 0.459 e. The number of rotatable bonds is 4. The molecule has 1 N–H and O–H groups in total. The summed E-state index contributed by atoms with van der Waals surface area (Å²) in [5.41, 5.74) is 6.26. The number of nitrogens with one attached hydrogen (secondary N) is 1. The smallest absolute Gasteiger partial charge is 0.254 e. The highest BCUT2D eigenvalue weighted by Gasteiger charge is 2.27. The van der Waals surface area contributed by atoms with Gasteiger partial charge >= 0.3 is 0 Å². The molecule has 1 aromatic heterocycles. The van der Waals surface area contributed by atoms with Crippen molar-refractivity contribution in [1.82, 2.24) is 10.2 Å². The van der Waals surface area contributed by atoms with E-state index in [9.17, 15) is 4.79 Å². The molecule has 1 amide bonds. The van der Waals surface area contributed by atoms with Crippen molar-refractivity contribution in [2.75, 3.05) is 14.1 Å². The van der Waals surface area contributed by atoms with Gasteiger partial charge in [0.2, 0.25) is 0 Å². The molecule has 1 aliphatic rings. The number of amides is 1. The Bertz CT molecular complexity index is 988. The fourth-order valence-electron chi connectivity index (χ4n) is 3.72. The van der Waals surface area contributed by atoms with E-state index in [2.05, 4.69) is 36.5 Å². The lowest BCUT2D eigenvalue weighted by Crippen LogP contribution is -2.17. The van der Waals surface area contributed by atoms with Gasteiger partial charge in [-0.15, -0.1) is 0 Å². The van der Waals surface area contributed by atoms with Crippen LogP contribution in [0.2, 0.25) is 0 Å². The molecule has 132 valence electrons. The molecule has 0 bridgehead atoms. The van der Waals surface area contributed by atoms with E-state index in [0.717, 1.165) is 44.9 Å². The summed E-state index contributed by atoms with van der Waals surface area (Å²) in [7, 11) is 3.75. The van der Waals surface area contributed by atoms with Gasteiger partial charge in [0.15, 0.2) is 0 Å². The first kappa shape index (κ1) is 16.6. The zero-order valence-corrected chi connectivity index (χ0v) is 15.3. The Morgan fingerprint density at radius 1 is 1.04 bits per heavy atom. The van der Waals surface area contributed by atoms with Gasteiger partial charge in [-0.2, -0.15) is 0 Å². The molecule has 0 saturated heterocycles. The predicted octanol–water partition coefficient (Wildman–Crippen LogP) is 4.23. The van der Waals surface area contributed by atoms with Crippen molar-refractivity contribution >= 4 is 5.91 Å². The molecule has 0 radical (unpaired) electrons. The highest BCUT2D eigenvalue weighted by atomic mass is 16.3. The molecule has 0 aliphatic carbocycles. The lowest BCUT2D eigenvalue weighted by atomic mass is 9.92. The topological polar surface area (TPSA) is 45.5 Å². The molecule has 0 spiro atoms. The second-order valence-corrected chi connectivity index (χ2v) is 6.79. The summed E-state index contributed by atoms with van der Waals surface area (Å²) < 4.78 is 6.12. The van der Waals surface area contributed by atoms with Crippen LogP contribution in [-0.4, -0.2) is 24.9 Å². The molecule has 0 fully saturated rings. The van der Waals surface area contributed by atoms with E-state index in [0.29, 0.717) is 13.1 Å². The second-order valence-electron chi connectivity index (χ2n) is 6.79. The highest BCUT2D eigenvalue weighted by Crippen LogP contribution is 2.39. The number of carbonyl (C=O) groups excluding carboxylic acids is 1. The van der Waals surface area contributed by atoms with E-state index in [4.69, 9.17) is 4.42 Å². The van der Waals surface area contributed by atoms with E-state index in [1.54, 1.807) is 4.90 Å². The molecule has 0 atom stereocenters. The van der Waals surface area contributed by atoms with Crippen LogP contribution in [0.25, 0.3) is 22.5 Å². The first-order chi connectivity index (χ1) is 12.6. The maximum absolute atomic E-state index is 12.4. The fourth-order valence-corrected chi connectivity index (χ4v) is 3.72. The standard InChI is InChI=1S/C22H22N2O2/c1-14-11-15(12-23-2)26-21(14)18-8-5-4-7-16(18)17-9-6-10-19-20(17)13-24(3)22(19)25/h4-11,23H,12-13H2,1-3H3. The molecule has 2 heterocycles. The number of furan rings is 1. The minimum atomic E-state index is 0.0878. The van der Waals surface area contributed by atoms with Gasteiger partial charge in [-0.25, -0.2) is 0 Å². The number of carbonyl (C=O) groups is 1. The third-order valence-electron chi connectivity index (χ3n) is 4.93. The summed E-state index contributed by atoms with van der Waals surface area (Å²) in [5, 5.41) is 3.13. The van der Waals surface area contributed by atoms with Gasteiger partial charge in [0.25, 0.3) is 5.91 Å². The van der Waals surface area contributed by atoms with Crippen LogP contribution < -0.4 is 5.32 Å². The van der Waals surface area contributed by atoms with Crippen LogP contribution in [0.4, 0.5) is 0 Å². The van der Waals surface area contributed by atoms with Gasteiger partial charge in [-0.1, -0.05) is 36.4 Å².